The molecule has 1 aliphatic rings. The Kier molecular flexibility index (Phi) is 4.94. The molecule has 4 N–H and O–H groups in total. The number of urea groups is 1. The van der Waals surface area contributed by atoms with Crippen molar-refractivity contribution in [3.8, 4) is 0 Å². The van der Waals surface area contributed by atoms with Gasteiger partial charge in [-0.3, -0.25) is 4.79 Å². The van der Waals surface area contributed by atoms with Crippen LogP contribution in [0.5, 0.6) is 0 Å². The van der Waals surface area contributed by atoms with Crippen LogP contribution in [0.4, 0.5) is 4.79 Å². The summed E-state index contributed by atoms with van der Waals surface area (Å²) < 4.78 is 0. The molecule has 7 nitrogen and oxygen atoms in total. The second kappa shape index (κ2) is 6.23. The highest BCUT2D eigenvalue weighted by Crippen LogP contribution is 2.15. The zero-order valence-electron chi connectivity index (χ0n) is 10.4. The highest BCUT2D eigenvalue weighted by atomic mass is 16.4. The van der Waals surface area contributed by atoms with Gasteiger partial charge in [0, 0.05) is 19.5 Å². The van der Waals surface area contributed by atoms with Gasteiger partial charge in [0.2, 0.25) is 5.91 Å². The number of likely N-dealkylation sites (tertiary alicyclic amines) is 1. The number of aliphatic carboxylic acids is 1. The van der Waals surface area contributed by atoms with Crippen molar-refractivity contribution < 1.29 is 19.5 Å². The van der Waals surface area contributed by atoms with Crippen molar-refractivity contribution in [1.29, 1.82) is 0 Å². The topological polar surface area (TPSA) is 113 Å². The van der Waals surface area contributed by atoms with Gasteiger partial charge in [0.1, 0.15) is 6.04 Å². The molecule has 0 spiro atoms. The molecule has 3 amide bonds. The molecule has 0 aromatic carbocycles. The van der Waals surface area contributed by atoms with E-state index in [2.05, 4.69) is 5.32 Å². The van der Waals surface area contributed by atoms with Crippen LogP contribution in [0, 0.1) is 5.92 Å². The summed E-state index contributed by atoms with van der Waals surface area (Å²) in [5.74, 6) is -1.30. The number of carboxylic acid groups (broad SMARTS) is 1. The van der Waals surface area contributed by atoms with Crippen LogP contribution in [0.15, 0.2) is 0 Å². The number of amides is 3. The predicted molar refractivity (Wildman–Crippen MR) is 63.7 cm³/mol. The Morgan fingerprint density at radius 1 is 1.50 bits per heavy atom. The lowest BCUT2D eigenvalue weighted by molar-refractivity contribution is -0.139. The molecule has 0 aromatic heterocycles. The summed E-state index contributed by atoms with van der Waals surface area (Å²) in [6, 6.07) is -1.46. The van der Waals surface area contributed by atoms with Gasteiger partial charge in [0.05, 0.1) is 0 Å². The Morgan fingerprint density at radius 2 is 2.17 bits per heavy atom. The molecule has 1 rings (SSSR count). The van der Waals surface area contributed by atoms with Crippen LogP contribution in [0.2, 0.25) is 0 Å². The minimum Gasteiger partial charge on any atom is -0.480 e. The van der Waals surface area contributed by atoms with Gasteiger partial charge in [-0.05, 0) is 18.8 Å². The van der Waals surface area contributed by atoms with Crippen LogP contribution in [0.1, 0.15) is 26.2 Å². The molecule has 2 atom stereocenters. The second-order valence-electron chi connectivity index (χ2n) is 4.69. The molecule has 102 valence electrons. The monoisotopic (exact) mass is 257 g/mol. The number of carbonyl (C=O) groups is 3. The van der Waals surface area contributed by atoms with Gasteiger partial charge in [-0.15, -0.1) is 0 Å². The van der Waals surface area contributed by atoms with Crippen molar-refractivity contribution in [3.63, 3.8) is 0 Å². The van der Waals surface area contributed by atoms with Crippen LogP contribution < -0.4 is 11.1 Å². The first-order chi connectivity index (χ1) is 8.40. The van der Waals surface area contributed by atoms with E-state index in [1.165, 1.54) is 0 Å². The summed E-state index contributed by atoms with van der Waals surface area (Å²) in [4.78, 5) is 34.9. The molecule has 7 heteroatoms. The fraction of sp³-hybridized carbons (Fsp3) is 0.727. The Hall–Kier alpha value is -1.79. The summed E-state index contributed by atoms with van der Waals surface area (Å²) >= 11 is 0. The summed E-state index contributed by atoms with van der Waals surface area (Å²) in [6.07, 6.45) is 0.875. The molecule has 1 saturated heterocycles. The average molecular weight is 257 g/mol. The molecule has 1 aliphatic heterocycles. The molecule has 0 bridgehead atoms. The van der Waals surface area contributed by atoms with Crippen molar-refractivity contribution >= 4 is 17.9 Å². The summed E-state index contributed by atoms with van der Waals surface area (Å²) in [5, 5.41) is 11.4. The third-order valence-corrected chi connectivity index (χ3v) is 2.99. The summed E-state index contributed by atoms with van der Waals surface area (Å²) in [7, 11) is 0. The molecule has 18 heavy (non-hydrogen) atoms. The number of carbonyl (C=O) groups excluding carboxylic acids is 2. The van der Waals surface area contributed by atoms with Gasteiger partial charge < -0.3 is 21.1 Å². The average Bonchev–Trinajstić information content (AvgIpc) is 2.70. The minimum absolute atomic E-state index is 0.0137. The first-order valence-corrected chi connectivity index (χ1v) is 5.96. The lowest BCUT2D eigenvalue weighted by Crippen LogP contribution is -2.47. The van der Waals surface area contributed by atoms with E-state index in [0.29, 0.717) is 19.0 Å². The second-order valence-corrected chi connectivity index (χ2v) is 4.69. The van der Waals surface area contributed by atoms with Gasteiger partial charge in [0.15, 0.2) is 0 Å². The van der Waals surface area contributed by atoms with E-state index < -0.39 is 23.9 Å². The fourth-order valence-electron chi connectivity index (χ4n) is 1.90. The molecule has 0 radical (unpaired) electrons. The van der Waals surface area contributed by atoms with Gasteiger partial charge in [-0.1, -0.05) is 6.92 Å². The number of nitrogens with two attached hydrogens (primary N) is 1. The van der Waals surface area contributed by atoms with Crippen molar-refractivity contribution in [3.05, 3.63) is 0 Å². The van der Waals surface area contributed by atoms with Gasteiger partial charge in [0.25, 0.3) is 0 Å². The third kappa shape index (κ3) is 4.23. The number of carboxylic acids is 1. The van der Waals surface area contributed by atoms with E-state index in [1.807, 2.05) is 6.92 Å². The predicted octanol–water partition coefficient (Wildman–Crippen LogP) is -0.243. The highest BCUT2D eigenvalue weighted by molar-refractivity contribution is 5.83. The van der Waals surface area contributed by atoms with E-state index in [4.69, 9.17) is 10.8 Å². The zero-order valence-corrected chi connectivity index (χ0v) is 10.4. The minimum atomic E-state index is -1.16. The smallest absolute Gasteiger partial charge is 0.326 e. The van der Waals surface area contributed by atoms with Gasteiger partial charge in [-0.2, -0.15) is 0 Å². The Bertz CT molecular complexity index is 345. The van der Waals surface area contributed by atoms with E-state index in [1.54, 1.807) is 4.90 Å². The van der Waals surface area contributed by atoms with Crippen LogP contribution in [0.3, 0.4) is 0 Å². The largest absolute Gasteiger partial charge is 0.480 e. The molecule has 2 unspecified atom stereocenters. The number of hydrogen-bond acceptors (Lipinski definition) is 3. The fourth-order valence-corrected chi connectivity index (χ4v) is 1.90. The number of rotatable bonds is 5. The normalized spacial score (nSPS) is 20.5. The number of nitrogens with one attached hydrogen (secondary N) is 1. The number of primary amides is 1. The van der Waals surface area contributed by atoms with E-state index in [-0.39, 0.29) is 12.8 Å². The van der Waals surface area contributed by atoms with Crippen molar-refractivity contribution in [1.82, 2.24) is 10.2 Å². The lowest BCUT2D eigenvalue weighted by atomic mass is 10.1. The summed E-state index contributed by atoms with van der Waals surface area (Å²) in [5.41, 5.74) is 4.96. The van der Waals surface area contributed by atoms with Crippen molar-refractivity contribution in [2.75, 3.05) is 13.1 Å². The van der Waals surface area contributed by atoms with Crippen LogP contribution in [-0.4, -0.2) is 47.0 Å². The molecule has 0 aromatic rings. The maximum atomic E-state index is 11.8. The molecule has 0 aliphatic carbocycles. The van der Waals surface area contributed by atoms with Crippen LogP contribution in [-0.2, 0) is 9.59 Å². The molecular formula is C11H19N3O4. The maximum absolute atomic E-state index is 11.8. The lowest BCUT2D eigenvalue weighted by Gasteiger charge is -2.20. The van der Waals surface area contributed by atoms with E-state index in [0.717, 1.165) is 6.42 Å². The van der Waals surface area contributed by atoms with E-state index in [9.17, 15) is 14.4 Å². The maximum Gasteiger partial charge on any atom is 0.326 e. The first-order valence-electron chi connectivity index (χ1n) is 5.96. The third-order valence-electron chi connectivity index (χ3n) is 2.99. The number of hydrogen-bond donors (Lipinski definition) is 3. The van der Waals surface area contributed by atoms with Crippen molar-refractivity contribution in [2.24, 2.45) is 11.7 Å². The Balaban J connectivity index is 2.47. The van der Waals surface area contributed by atoms with Gasteiger partial charge in [-0.25, -0.2) is 9.59 Å². The number of nitrogens with zero attached hydrogens (tertiary/aromatic N) is 1. The molecule has 0 saturated carbocycles. The quantitative estimate of drug-likeness (QED) is 0.630. The van der Waals surface area contributed by atoms with E-state index >= 15 is 0 Å². The summed E-state index contributed by atoms with van der Waals surface area (Å²) in [6.45, 7) is 3.30. The Morgan fingerprint density at radius 3 is 2.61 bits per heavy atom. The molecule has 1 heterocycles. The zero-order chi connectivity index (χ0) is 13.7. The first kappa shape index (κ1) is 14.3. The van der Waals surface area contributed by atoms with Crippen molar-refractivity contribution in [2.45, 2.75) is 32.2 Å². The standard InChI is InChI=1S/C11H19N3O4/c1-7-4-5-14(6-7)11(18)13-8(10(16)17)2-3-9(12)15/h7-8H,2-6H2,1H3,(H2,12,15)(H,13,18)(H,16,17). The SMILES string of the molecule is CC1CCN(C(=O)NC(CCC(N)=O)C(=O)O)C1. The van der Waals surface area contributed by atoms with Crippen LogP contribution >= 0.6 is 0 Å². The molecular weight excluding hydrogens is 238 g/mol. The van der Waals surface area contributed by atoms with Gasteiger partial charge >= 0.3 is 12.0 Å². The van der Waals surface area contributed by atoms with Crippen LogP contribution in [0.25, 0.3) is 0 Å². The highest BCUT2D eigenvalue weighted by Gasteiger charge is 2.27. The molecule has 1 fully saturated rings. The Labute approximate surface area is 105 Å².